The molecular weight excluding hydrogens is 230 g/mol. The Bertz CT molecular complexity index is 380. The van der Waals surface area contributed by atoms with Crippen LogP contribution in [0.1, 0.15) is 60.8 Å². The molecule has 1 unspecified atom stereocenters. The van der Waals surface area contributed by atoms with Gasteiger partial charge in [0.1, 0.15) is 0 Å². The van der Waals surface area contributed by atoms with E-state index in [1.807, 2.05) is 0 Å². The van der Waals surface area contributed by atoms with Crippen molar-refractivity contribution in [3.05, 3.63) is 46.7 Å². The molecule has 0 rings (SSSR count). The third kappa shape index (κ3) is 5.96. The van der Waals surface area contributed by atoms with Gasteiger partial charge >= 0.3 is 0 Å². The Morgan fingerprint density at radius 3 is 2.21 bits per heavy atom. The second-order valence-electron chi connectivity index (χ2n) is 5.03. The quantitative estimate of drug-likeness (QED) is 0.600. The third-order valence-electron chi connectivity index (χ3n) is 3.52. The number of allylic oxidation sites excluding steroid dienone is 8. The van der Waals surface area contributed by atoms with Gasteiger partial charge in [0.15, 0.2) is 0 Å². The largest absolute Gasteiger partial charge is 0.402 e. The predicted octanol–water partition coefficient (Wildman–Crippen LogP) is 5.51. The molecule has 0 aliphatic rings. The summed E-state index contributed by atoms with van der Waals surface area (Å²) in [6, 6.07) is 0. The summed E-state index contributed by atoms with van der Waals surface area (Å²) >= 11 is 0. The van der Waals surface area contributed by atoms with E-state index in [0.29, 0.717) is 5.92 Å². The first kappa shape index (κ1) is 17.8. The minimum absolute atomic E-state index is 0.409. The van der Waals surface area contributed by atoms with Crippen LogP contribution in [0.4, 0.5) is 0 Å². The molecule has 2 N–H and O–H groups in total. The van der Waals surface area contributed by atoms with Gasteiger partial charge in [-0.3, -0.25) is 0 Å². The van der Waals surface area contributed by atoms with Crippen LogP contribution < -0.4 is 5.73 Å². The third-order valence-corrected chi connectivity index (χ3v) is 3.52. The van der Waals surface area contributed by atoms with Crippen molar-refractivity contribution in [1.29, 1.82) is 0 Å². The van der Waals surface area contributed by atoms with E-state index >= 15 is 0 Å². The van der Waals surface area contributed by atoms with Gasteiger partial charge in [0.25, 0.3) is 0 Å². The van der Waals surface area contributed by atoms with Gasteiger partial charge in [-0.15, -0.1) is 0 Å². The highest BCUT2D eigenvalue weighted by Gasteiger charge is 2.12. The lowest BCUT2D eigenvalue weighted by molar-refractivity contribution is 0.796. The molecule has 0 aromatic carbocycles. The van der Waals surface area contributed by atoms with Crippen molar-refractivity contribution in [2.75, 3.05) is 0 Å². The minimum atomic E-state index is 0.409. The first-order valence-corrected chi connectivity index (χ1v) is 7.46. The molecule has 108 valence electrons. The Morgan fingerprint density at radius 1 is 1.16 bits per heavy atom. The van der Waals surface area contributed by atoms with Gasteiger partial charge in [0.2, 0.25) is 0 Å². The van der Waals surface area contributed by atoms with Crippen molar-refractivity contribution < 1.29 is 0 Å². The Morgan fingerprint density at radius 2 is 1.79 bits per heavy atom. The SMILES string of the molecule is C/C=C(C)\C=C\C(C)C(=C/C)/C(CCC)=C(/N)CC. The molecule has 1 heteroatoms. The van der Waals surface area contributed by atoms with Crippen LogP contribution in [0.25, 0.3) is 0 Å². The van der Waals surface area contributed by atoms with Crippen LogP contribution in [0.5, 0.6) is 0 Å². The molecular formula is C18H31N. The molecule has 19 heavy (non-hydrogen) atoms. The van der Waals surface area contributed by atoms with Crippen LogP contribution in [-0.2, 0) is 0 Å². The molecule has 0 spiro atoms. The summed E-state index contributed by atoms with van der Waals surface area (Å²) in [5, 5.41) is 0. The van der Waals surface area contributed by atoms with Crippen molar-refractivity contribution in [2.24, 2.45) is 11.7 Å². The van der Waals surface area contributed by atoms with Crippen molar-refractivity contribution >= 4 is 0 Å². The van der Waals surface area contributed by atoms with E-state index in [4.69, 9.17) is 5.73 Å². The molecule has 0 aromatic rings. The molecule has 0 radical (unpaired) electrons. The second kappa shape index (κ2) is 9.66. The predicted molar refractivity (Wildman–Crippen MR) is 87.9 cm³/mol. The molecule has 0 aromatic heterocycles. The molecule has 0 bridgehead atoms. The zero-order valence-electron chi connectivity index (χ0n) is 13.6. The maximum Gasteiger partial charge on any atom is 0.0113 e. The van der Waals surface area contributed by atoms with Gasteiger partial charge < -0.3 is 5.73 Å². The lowest BCUT2D eigenvalue weighted by atomic mass is 9.88. The van der Waals surface area contributed by atoms with Gasteiger partial charge in [0.05, 0.1) is 0 Å². The maximum atomic E-state index is 6.20. The average Bonchev–Trinajstić information content (AvgIpc) is 2.43. The zero-order valence-corrected chi connectivity index (χ0v) is 13.6. The van der Waals surface area contributed by atoms with Crippen molar-refractivity contribution in [2.45, 2.75) is 60.8 Å². The summed E-state index contributed by atoms with van der Waals surface area (Å²) in [6.07, 6.45) is 11.9. The van der Waals surface area contributed by atoms with E-state index in [2.05, 4.69) is 65.8 Å². The fourth-order valence-corrected chi connectivity index (χ4v) is 2.16. The fraction of sp³-hybridized carbons (Fsp3) is 0.556. The van der Waals surface area contributed by atoms with Crippen molar-refractivity contribution in [3.8, 4) is 0 Å². The van der Waals surface area contributed by atoms with Gasteiger partial charge in [0, 0.05) is 5.70 Å². The van der Waals surface area contributed by atoms with Crippen LogP contribution in [0, 0.1) is 5.92 Å². The summed E-state index contributed by atoms with van der Waals surface area (Å²) in [4.78, 5) is 0. The van der Waals surface area contributed by atoms with Gasteiger partial charge in [-0.1, -0.05) is 57.1 Å². The standard InChI is InChI=1S/C18H31N/c1-7-11-17(18(19)10-4)16(9-3)15(6)13-12-14(5)8-2/h8-9,12-13,15H,7,10-11,19H2,1-6H3/b13-12+,14-8-,16-9-,18-17+. The average molecular weight is 261 g/mol. The lowest BCUT2D eigenvalue weighted by Gasteiger charge is -2.18. The first-order chi connectivity index (χ1) is 9.01. The Hall–Kier alpha value is -1.24. The van der Waals surface area contributed by atoms with Gasteiger partial charge in [-0.05, 0) is 50.7 Å². The van der Waals surface area contributed by atoms with Crippen LogP contribution in [0.3, 0.4) is 0 Å². The number of nitrogens with two attached hydrogens (primary N) is 1. The fourth-order valence-electron chi connectivity index (χ4n) is 2.16. The molecule has 0 fully saturated rings. The normalized spacial score (nSPS) is 16.7. The van der Waals surface area contributed by atoms with Crippen LogP contribution in [-0.4, -0.2) is 0 Å². The summed E-state index contributed by atoms with van der Waals surface area (Å²) in [5.41, 5.74) is 11.3. The molecule has 0 saturated carbocycles. The van der Waals surface area contributed by atoms with Gasteiger partial charge in [-0.2, -0.15) is 0 Å². The molecule has 0 aliphatic heterocycles. The first-order valence-electron chi connectivity index (χ1n) is 7.46. The number of hydrogen-bond acceptors (Lipinski definition) is 1. The highest BCUT2D eigenvalue weighted by molar-refractivity contribution is 5.38. The summed E-state index contributed by atoms with van der Waals surface area (Å²) in [5.74, 6) is 0.409. The maximum absolute atomic E-state index is 6.20. The van der Waals surface area contributed by atoms with Crippen molar-refractivity contribution in [3.63, 3.8) is 0 Å². The molecule has 0 heterocycles. The summed E-state index contributed by atoms with van der Waals surface area (Å²) < 4.78 is 0. The Labute approximate surface area is 120 Å². The highest BCUT2D eigenvalue weighted by atomic mass is 14.6. The molecule has 0 saturated heterocycles. The minimum Gasteiger partial charge on any atom is -0.402 e. The van der Waals surface area contributed by atoms with Crippen LogP contribution in [0.2, 0.25) is 0 Å². The molecule has 0 aliphatic carbocycles. The van der Waals surface area contributed by atoms with Crippen LogP contribution >= 0.6 is 0 Å². The van der Waals surface area contributed by atoms with E-state index in [1.54, 1.807) is 0 Å². The van der Waals surface area contributed by atoms with E-state index in [9.17, 15) is 0 Å². The van der Waals surface area contributed by atoms with E-state index in [0.717, 1.165) is 25.0 Å². The van der Waals surface area contributed by atoms with Crippen LogP contribution in [0.15, 0.2) is 46.7 Å². The van der Waals surface area contributed by atoms with E-state index in [-0.39, 0.29) is 0 Å². The summed E-state index contributed by atoms with van der Waals surface area (Å²) in [7, 11) is 0. The van der Waals surface area contributed by atoms with E-state index < -0.39 is 0 Å². The number of rotatable bonds is 7. The van der Waals surface area contributed by atoms with E-state index in [1.165, 1.54) is 16.7 Å². The monoisotopic (exact) mass is 261 g/mol. The van der Waals surface area contributed by atoms with Gasteiger partial charge in [-0.25, -0.2) is 0 Å². The summed E-state index contributed by atoms with van der Waals surface area (Å²) in [6.45, 7) is 12.9. The molecule has 1 nitrogen and oxygen atoms in total. The number of hydrogen-bond donors (Lipinski definition) is 1. The second-order valence-corrected chi connectivity index (χ2v) is 5.03. The van der Waals surface area contributed by atoms with Crippen molar-refractivity contribution in [1.82, 2.24) is 0 Å². The Kier molecular flexibility index (Phi) is 9.03. The highest BCUT2D eigenvalue weighted by Crippen LogP contribution is 2.27. The molecule has 1 atom stereocenters. The zero-order chi connectivity index (χ0) is 14.8. The molecule has 0 amide bonds. The topological polar surface area (TPSA) is 26.0 Å². The lowest BCUT2D eigenvalue weighted by Crippen LogP contribution is -2.08. The Balaban J connectivity index is 5.25. The smallest absolute Gasteiger partial charge is 0.0113 e.